The van der Waals surface area contributed by atoms with E-state index in [4.69, 9.17) is 5.11 Å². The van der Waals surface area contributed by atoms with Gasteiger partial charge in [-0.25, -0.2) is 13.2 Å². The number of rotatable bonds is 4. The molecule has 2 heterocycles. The summed E-state index contributed by atoms with van der Waals surface area (Å²) in [6.07, 6.45) is -0.454. The first-order chi connectivity index (χ1) is 13.2. The highest BCUT2D eigenvalue weighted by Gasteiger charge is 2.36. The van der Waals surface area contributed by atoms with Crippen molar-refractivity contribution in [2.45, 2.75) is 30.7 Å². The molecule has 0 bridgehead atoms. The molecule has 1 aromatic carbocycles. The van der Waals surface area contributed by atoms with Crippen LogP contribution in [0.1, 0.15) is 30.5 Å². The molecule has 10 heteroatoms. The lowest BCUT2D eigenvalue weighted by Crippen LogP contribution is -2.46. The third-order valence-corrected chi connectivity index (χ3v) is 7.33. The lowest BCUT2D eigenvalue weighted by Gasteiger charge is -2.37. The number of carboxylic acid groups (broad SMARTS) is 1. The van der Waals surface area contributed by atoms with Crippen LogP contribution in [0.2, 0.25) is 0 Å². The Morgan fingerprint density at radius 2 is 2.07 bits per heavy atom. The van der Waals surface area contributed by atoms with Crippen LogP contribution in [0.25, 0.3) is 0 Å². The largest absolute Gasteiger partial charge is 0.465 e. The lowest BCUT2D eigenvalue weighted by molar-refractivity contribution is -0.135. The van der Waals surface area contributed by atoms with Gasteiger partial charge in [-0.15, -0.1) is 0 Å². The average Bonchev–Trinajstić information content (AvgIpc) is 2.94. The van der Waals surface area contributed by atoms with Crippen LogP contribution in [0.4, 0.5) is 4.79 Å². The molecule has 3 rings (SSSR count). The van der Waals surface area contributed by atoms with Gasteiger partial charge in [0.2, 0.25) is 15.9 Å². The van der Waals surface area contributed by atoms with Gasteiger partial charge < -0.3 is 15.3 Å². The normalized spacial score (nSPS) is 21.1. The fourth-order valence-corrected chi connectivity index (χ4v) is 5.46. The van der Waals surface area contributed by atoms with Crippen LogP contribution in [-0.2, 0) is 21.2 Å². The van der Waals surface area contributed by atoms with Crippen molar-refractivity contribution in [3.63, 3.8) is 0 Å². The highest BCUT2D eigenvalue weighted by atomic mass is 32.2. The van der Waals surface area contributed by atoms with E-state index in [9.17, 15) is 18.0 Å². The molecule has 0 saturated carbocycles. The van der Waals surface area contributed by atoms with Crippen LogP contribution in [0.5, 0.6) is 0 Å². The zero-order chi connectivity index (χ0) is 20.5. The first-order valence-corrected chi connectivity index (χ1v) is 10.7. The van der Waals surface area contributed by atoms with Gasteiger partial charge in [-0.1, -0.05) is 12.1 Å². The fraction of sp³-hybridized carbons (Fsp3) is 0.556. The van der Waals surface area contributed by atoms with Crippen molar-refractivity contribution in [3.05, 3.63) is 29.3 Å². The van der Waals surface area contributed by atoms with Crippen LogP contribution in [0, 0.1) is 0 Å². The smallest absolute Gasteiger partial charge is 0.408 e. The zero-order valence-corrected chi connectivity index (χ0v) is 16.9. The van der Waals surface area contributed by atoms with Crippen molar-refractivity contribution in [1.82, 2.24) is 19.4 Å². The van der Waals surface area contributed by atoms with Gasteiger partial charge in [-0.2, -0.15) is 4.31 Å². The molecule has 0 aromatic heterocycles. The Kier molecular flexibility index (Phi) is 5.92. The number of benzene rings is 1. The van der Waals surface area contributed by atoms with Crippen molar-refractivity contribution < 1.29 is 23.1 Å². The van der Waals surface area contributed by atoms with E-state index in [1.807, 2.05) is 6.07 Å². The number of sulfonamides is 1. The molecule has 1 atom stereocenters. The SMILES string of the molecule is CC1c2cccc(S(=O)(=O)N3CCCNCC3)c2CC(=O)N1CN(C)C(=O)O. The molecular formula is C18H26N4O5S. The fourth-order valence-electron chi connectivity index (χ4n) is 3.73. The zero-order valence-electron chi connectivity index (χ0n) is 16.1. The molecule has 2 N–H and O–H groups in total. The number of hydrogen-bond acceptors (Lipinski definition) is 5. The minimum absolute atomic E-state index is 0.0609. The third kappa shape index (κ3) is 3.85. The molecule has 2 amide bonds. The van der Waals surface area contributed by atoms with Crippen LogP contribution in [0.3, 0.4) is 0 Å². The Bertz CT molecular complexity index is 865. The number of amides is 2. The van der Waals surface area contributed by atoms with E-state index in [0.29, 0.717) is 25.2 Å². The lowest BCUT2D eigenvalue weighted by atomic mass is 9.93. The van der Waals surface area contributed by atoms with Crippen molar-refractivity contribution in [1.29, 1.82) is 0 Å². The molecule has 2 aliphatic heterocycles. The molecule has 1 saturated heterocycles. The maximum absolute atomic E-state index is 13.3. The van der Waals surface area contributed by atoms with Crippen molar-refractivity contribution in [2.75, 3.05) is 39.9 Å². The number of nitrogens with one attached hydrogen (secondary N) is 1. The second kappa shape index (κ2) is 8.06. The summed E-state index contributed by atoms with van der Waals surface area (Å²) in [6, 6.07) is 4.64. The number of hydrogen-bond donors (Lipinski definition) is 2. The summed E-state index contributed by atoms with van der Waals surface area (Å²) in [5, 5.41) is 12.3. The second-order valence-electron chi connectivity index (χ2n) is 7.17. The van der Waals surface area contributed by atoms with Crippen molar-refractivity contribution >= 4 is 22.0 Å². The predicted molar refractivity (Wildman–Crippen MR) is 102 cm³/mol. The van der Waals surface area contributed by atoms with Crippen LogP contribution in [0.15, 0.2) is 23.1 Å². The van der Waals surface area contributed by atoms with E-state index in [0.717, 1.165) is 23.4 Å². The summed E-state index contributed by atoms with van der Waals surface area (Å²) < 4.78 is 28.0. The highest BCUT2D eigenvalue weighted by molar-refractivity contribution is 7.89. The van der Waals surface area contributed by atoms with Gasteiger partial charge >= 0.3 is 6.09 Å². The quantitative estimate of drug-likeness (QED) is 0.756. The Hall–Kier alpha value is -2.17. The molecule has 1 unspecified atom stereocenters. The van der Waals surface area contributed by atoms with Gasteiger partial charge in [-0.3, -0.25) is 9.69 Å². The van der Waals surface area contributed by atoms with Crippen molar-refractivity contribution in [3.8, 4) is 0 Å². The first kappa shape index (κ1) is 20.6. The maximum Gasteiger partial charge on any atom is 0.408 e. The van der Waals surface area contributed by atoms with E-state index < -0.39 is 22.2 Å². The Balaban J connectivity index is 1.96. The monoisotopic (exact) mass is 410 g/mol. The van der Waals surface area contributed by atoms with Crippen LogP contribution < -0.4 is 5.32 Å². The van der Waals surface area contributed by atoms with Gasteiger partial charge in [0.25, 0.3) is 0 Å². The Morgan fingerprint density at radius 1 is 1.32 bits per heavy atom. The molecular weight excluding hydrogens is 384 g/mol. The number of fused-ring (bicyclic) bond motifs is 1. The number of carbonyl (C=O) groups excluding carboxylic acids is 1. The van der Waals surface area contributed by atoms with E-state index >= 15 is 0 Å². The van der Waals surface area contributed by atoms with Crippen molar-refractivity contribution in [2.24, 2.45) is 0 Å². The Morgan fingerprint density at radius 3 is 2.79 bits per heavy atom. The molecule has 154 valence electrons. The molecule has 1 aromatic rings. The van der Waals surface area contributed by atoms with Gasteiger partial charge in [0.15, 0.2) is 0 Å². The van der Waals surface area contributed by atoms with E-state index in [-0.39, 0.29) is 23.9 Å². The van der Waals surface area contributed by atoms with Gasteiger partial charge in [-0.05, 0) is 37.1 Å². The maximum atomic E-state index is 13.3. The molecule has 0 spiro atoms. The van der Waals surface area contributed by atoms with Gasteiger partial charge in [0.05, 0.1) is 24.0 Å². The van der Waals surface area contributed by atoms with Gasteiger partial charge in [0, 0.05) is 26.7 Å². The molecule has 2 aliphatic rings. The summed E-state index contributed by atoms with van der Waals surface area (Å²) in [7, 11) is -2.31. The third-order valence-electron chi connectivity index (χ3n) is 5.34. The minimum atomic E-state index is -3.71. The summed E-state index contributed by atoms with van der Waals surface area (Å²) >= 11 is 0. The first-order valence-electron chi connectivity index (χ1n) is 9.29. The van der Waals surface area contributed by atoms with Crippen LogP contribution >= 0.6 is 0 Å². The summed E-state index contributed by atoms with van der Waals surface area (Å²) in [4.78, 5) is 26.5. The molecule has 0 aliphatic carbocycles. The number of carbonyl (C=O) groups is 2. The Labute approximate surface area is 165 Å². The minimum Gasteiger partial charge on any atom is -0.465 e. The van der Waals surface area contributed by atoms with E-state index in [2.05, 4.69) is 5.32 Å². The topological polar surface area (TPSA) is 110 Å². The van der Waals surface area contributed by atoms with Gasteiger partial charge in [0.1, 0.15) is 0 Å². The second-order valence-corrected chi connectivity index (χ2v) is 9.08. The molecule has 0 radical (unpaired) electrons. The highest BCUT2D eigenvalue weighted by Crippen LogP contribution is 2.35. The standard InChI is InChI=1S/C18H26N4O5S/c1-13-14-5-3-6-16(28(26,27)21-9-4-7-19-8-10-21)15(14)11-17(23)22(13)12-20(2)18(24)25/h3,5-6,13,19H,4,7-12H2,1-2H3,(H,24,25). The predicted octanol–water partition coefficient (Wildman–Crippen LogP) is 0.684. The summed E-state index contributed by atoms with van der Waals surface area (Å²) in [5.74, 6) is -0.284. The van der Waals surface area contributed by atoms with E-state index in [1.165, 1.54) is 16.3 Å². The van der Waals surface area contributed by atoms with Crippen LogP contribution in [-0.4, -0.2) is 79.5 Å². The molecule has 9 nitrogen and oxygen atoms in total. The molecule has 28 heavy (non-hydrogen) atoms. The molecule has 1 fully saturated rings. The summed E-state index contributed by atoms with van der Waals surface area (Å²) in [5.41, 5.74) is 1.26. The summed E-state index contributed by atoms with van der Waals surface area (Å²) in [6.45, 7) is 3.93. The van der Waals surface area contributed by atoms with E-state index in [1.54, 1.807) is 19.1 Å². The average molecular weight is 410 g/mol. The number of nitrogens with zero attached hydrogens (tertiary/aromatic N) is 3.